The van der Waals surface area contributed by atoms with Gasteiger partial charge in [-0.2, -0.15) is 9.78 Å². The molecule has 0 saturated heterocycles. The third kappa shape index (κ3) is 3.98. The van der Waals surface area contributed by atoms with Crippen LogP contribution in [0.15, 0.2) is 60.9 Å². The largest absolute Gasteiger partial charge is 0.494 e. The highest BCUT2D eigenvalue weighted by atomic mass is 16.5. The van der Waals surface area contributed by atoms with Crippen LogP contribution in [0.1, 0.15) is 11.4 Å². The summed E-state index contributed by atoms with van der Waals surface area (Å²) in [6.45, 7) is 1.79. The lowest BCUT2D eigenvalue weighted by Gasteiger charge is -2.11. The van der Waals surface area contributed by atoms with E-state index in [9.17, 15) is 4.79 Å². The van der Waals surface area contributed by atoms with E-state index in [1.54, 1.807) is 47.8 Å². The Morgan fingerprint density at radius 2 is 2.00 bits per heavy atom. The topological polar surface area (TPSA) is 99.8 Å². The van der Waals surface area contributed by atoms with Gasteiger partial charge in [-0.15, -0.1) is 5.10 Å². The van der Waals surface area contributed by atoms with Crippen LogP contribution in [0, 0.1) is 6.92 Å². The zero-order chi connectivity index (χ0) is 20.2. The van der Waals surface area contributed by atoms with Crippen LogP contribution in [-0.2, 0) is 11.2 Å². The van der Waals surface area contributed by atoms with Crippen LogP contribution < -0.4 is 10.1 Å². The van der Waals surface area contributed by atoms with Crippen LogP contribution in [0.25, 0.3) is 11.4 Å². The second-order valence-corrected chi connectivity index (χ2v) is 6.38. The zero-order valence-electron chi connectivity index (χ0n) is 16.0. The molecule has 4 rings (SSSR count). The maximum Gasteiger partial charge on any atom is 0.228 e. The number of benzene rings is 2. The molecule has 0 aliphatic rings. The lowest BCUT2D eigenvalue weighted by molar-refractivity contribution is -0.115. The van der Waals surface area contributed by atoms with Gasteiger partial charge in [-0.1, -0.05) is 18.2 Å². The molecular weight excluding hydrogens is 370 g/mol. The van der Waals surface area contributed by atoms with Gasteiger partial charge in [-0.3, -0.25) is 4.79 Å². The average molecular weight is 389 g/mol. The van der Waals surface area contributed by atoms with Crippen LogP contribution in [0.5, 0.6) is 5.75 Å². The number of carbonyl (C=O) groups excluding carboxylic acids is 1. The first-order valence-electron chi connectivity index (χ1n) is 8.96. The van der Waals surface area contributed by atoms with Crippen molar-refractivity contribution in [3.63, 3.8) is 0 Å². The van der Waals surface area contributed by atoms with Gasteiger partial charge in [0.1, 0.15) is 11.4 Å². The van der Waals surface area contributed by atoms with Crippen molar-refractivity contribution in [1.29, 1.82) is 0 Å². The Labute approximate surface area is 166 Å². The number of tetrazole rings is 1. The fraction of sp³-hybridized carbons (Fsp3) is 0.150. The van der Waals surface area contributed by atoms with Crippen molar-refractivity contribution in [1.82, 2.24) is 30.0 Å². The average Bonchev–Trinajstić information content (AvgIpc) is 3.37. The van der Waals surface area contributed by atoms with Crippen LogP contribution in [0.4, 0.5) is 5.69 Å². The van der Waals surface area contributed by atoms with E-state index >= 15 is 0 Å². The lowest BCUT2D eigenvalue weighted by atomic mass is 10.2. The van der Waals surface area contributed by atoms with E-state index in [0.717, 1.165) is 11.3 Å². The number of aromatic nitrogens is 6. The minimum atomic E-state index is -0.151. The number of rotatable bonds is 6. The second-order valence-electron chi connectivity index (χ2n) is 6.38. The molecule has 9 heteroatoms. The monoisotopic (exact) mass is 389 g/mol. The number of methoxy groups -OCH3 is 1. The van der Waals surface area contributed by atoms with E-state index in [1.807, 2.05) is 36.5 Å². The van der Waals surface area contributed by atoms with Gasteiger partial charge in [0, 0.05) is 11.9 Å². The Bertz CT molecular complexity index is 1130. The van der Waals surface area contributed by atoms with E-state index in [-0.39, 0.29) is 12.3 Å². The molecule has 0 saturated carbocycles. The van der Waals surface area contributed by atoms with Crippen molar-refractivity contribution in [2.45, 2.75) is 13.3 Å². The molecule has 4 aromatic rings. The summed E-state index contributed by atoms with van der Waals surface area (Å²) >= 11 is 0. The molecule has 0 spiro atoms. The number of carbonyl (C=O) groups is 1. The Balaban J connectivity index is 1.49. The molecule has 0 aliphatic carbocycles. The molecule has 2 aromatic heterocycles. The van der Waals surface area contributed by atoms with Crippen LogP contribution >= 0.6 is 0 Å². The minimum absolute atomic E-state index is 0.151. The lowest BCUT2D eigenvalue weighted by Crippen LogP contribution is -2.14. The zero-order valence-corrected chi connectivity index (χ0v) is 16.0. The van der Waals surface area contributed by atoms with Crippen molar-refractivity contribution < 1.29 is 9.53 Å². The molecule has 0 unspecified atom stereocenters. The minimum Gasteiger partial charge on any atom is -0.494 e. The third-order valence-electron chi connectivity index (χ3n) is 4.34. The number of hydrogen-bond donors (Lipinski definition) is 1. The van der Waals surface area contributed by atoms with Crippen molar-refractivity contribution in [2.24, 2.45) is 0 Å². The number of aryl methyl sites for hydroxylation is 1. The number of nitrogens with zero attached hydrogens (tertiary/aromatic N) is 6. The number of hydrogen-bond acceptors (Lipinski definition) is 6. The summed E-state index contributed by atoms with van der Waals surface area (Å²) in [5.41, 5.74) is 3.02. The van der Waals surface area contributed by atoms with Gasteiger partial charge < -0.3 is 10.1 Å². The summed E-state index contributed by atoms with van der Waals surface area (Å²) in [7, 11) is 1.57. The first-order valence-corrected chi connectivity index (χ1v) is 8.96. The normalized spacial score (nSPS) is 10.7. The third-order valence-corrected chi connectivity index (χ3v) is 4.34. The van der Waals surface area contributed by atoms with Gasteiger partial charge in [0.2, 0.25) is 5.91 Å². The Kier molecular flexibility index (Phi) is 5.02. The fourth-order valence-electron chi connectivity index (χ4n) is 2.95. The maximum atomic E-state index is 12.5. The molecule has 1 N–H and O–H groups in total. The number of anilines is 1. The van der Waals surface area contributed by atoms with Crippen LogP contribution in [-0.4, -0.2) is 43.0 Å². The molecule has 2 aromatic carbocycles. The number of amides is 1. The van der Waals surface area contributed by atoms with Crippen molar-refractivity contribution >= 4 is 11.6 Å². The smallest absolute Gasteiger partial charge is 0.228 e. The van der Waals surface area contributed by atoms with E-state index in [0.29, 0.717) is 22.9 Å². The molecule has 2 heterocycles. The summed E-state index contributed by atoms with van der Waals surface area (Å²) in [5.74, 6) is 1.06. The fourth-order valence-corrected chi connectivity index (χ4v) is 2.95. The Morgan fingerprint density at radius 1 is 1.17 bits per heavy atom. The molecule has 146 valence electrons. The SMILES string of the molecule is COc1ccc(NC(=O)Cc2cnn(-c3ccccc3)c2)cc1-n1nnnc1C. The van der Waals surface area contributed by atoms with E-state index < -0.39 is 0 Å². The second kappa shape index (κ2) is 7.93. The number of nitrogens with one attached hydrogen (secondary N) is 1. The van der Waals surface area contributed by atoms with Crippen molar-refractivity contribution in [3.05, 3.63) is 72.3 Å². The molecule has 0 bridgehead atoms. The molecule has 0 aliphatic heterocycles. The van der Waals surface area contributed by atoms with Crippen LogP contribution in [0.3, 0.4) is 0 Å². The van der Waals surface area contributed by atoms with E-state index in [2.05, 4.69) is 25.9 Å². The quantitative estimate of drug-likeness (QED) is 0.543. The highest BCUT2D eigenvalue weighted by Crippen LogP contribution is 2.26. The maximum absolute atomic E-state index is 12.5. The summed E-state index contributed by atoms with van der Waals surface area (Å²) < 4.78 is 8.68. The molecular formula is C20H19N7O2. The standard InChI is InChI=1S/C20H19N7O2/c1-14-23-24-25-27(14)18-11-16(8-9-19(18)29-2)22-20(28)10-15-12-21-26(13-15)17-6-4-3-5-7-17/h3-9,11-13H,10H2,1-2H3,(H,22,28). The number of para-hydroxylation sites is 1. The Hall–Kier alpha value is -4.01. The highest BCUT2D eigenvalue weighted by Gasteiger charge is 2.13. The molecule has 9 nitrogen and oxygen atoms in total. The van der Waals surface area contributed by atoms with Crippen LogP contribution in [0.2, 0.25) is 0 Å². The first-order chi connectivity index (χ1) is 14.1. The first kappa shape index (κ1) is 18.4. The summed E-state index contributed by atoms with van der Waals surface area (Å²) in [4.78, 5) is 12.5. The molecule has 0 atom stereocenters. The predicted octanol–water partition coefficient (Wildman–Crippen LogP) is 2.35. The van der Waals surface area contributed by atoms with Gasteiger partial charge in [-0.25, -0.2) is 4.68 Å². The number of ether oxygens (including phenoxy) is 1. The molecule has 0 radical (unpaired) electrons. The summed E-state index contributed by atoms with van der Waals surface area (Å²) in [5, 5.41) is 18.7. The highest BCUT2D eigenvalue weighted by molar-refractivity contribution is 5.92. The summed E-state index contributed by atoms with van der Waals surface area (Å²) in [6, 6.07) is 15.0. The van der Waals surface area contributed by atoms with Crippen molar-refractivity contribution in [3.8, 4) is 17.1 Å². The van der Waals surface area contributed by atoms with E-state index in [4.69, 9.17) is 4.74 Å². The predicted molar refractivity (Wildman–Crippen MR) is 106 cm³/mol. The van der Waals surface area contributed by atoms with Gasteiger partial charge in [-0.05, 0) is 53.2 Å². The summed E-state index contributed by atoms with van der Waals surface area (Å²) in [6.07, 6.45) is 3.74. The van der Waals surface area contributed by atoms with Gasteiger partial charge >= 0.3 is 0 Å². The Morgan fingerprint density at radius 3 is 2.72 bits per heavy atom. The molecule has 0 fully saturated rings. The molecule has 29 heavy (non-hydrogen) atoms. The van der Waals surface area contributed by atoms with Crippen molar-refractivity contribution in [2.75, 3.05) is 12.4 Å². The van der Waals surface area contributed by atoms with Gasteiger partial charge in [0.25, 0.3) is 0 Å². The van der Waals surface area contributed by atoms with Gasteiger partial charge in [0.05, 0.1) is 25.4 Å². The van der Waals surface area contributed by atoms with E-state index in [1.165, 1.54) is 0 Å². The van der Waals surface area contributed by atoms with Gasteiger partial charge in [0.15, 0.2) is 5.82 Å². The molecule has 1 amide bonds.